The average molecular weight is 294 g/mol. The predicted octanol–water partition coefficient (Wildman–Crippen LogP) is 5.11. The lowest BCUT2D eigenvalue weighted by atomic mass is 10.0. The van der Waals surface area contributed by atoms with Crippen LogP contribution < -0.4 is 5.32 Å². The first-order valence-corrected chi connectivity index (χ1v) is 6.86. The summed E-state index contributed by atoms with van der Waals surface area (Å²) in [6.07, 6.45) is -3.36. The minimum Gasteiger partial charge on any atom is -0.310 e. The zero-order valence-electron chi connectivity index (χ0n) is 10.9. The summed E-state index contributed by atoms with van der Waals surface area (Å²) in [5.41, 5.74) is 0.875. The fourth-order valence-corrected chi connectivity index (χ4v) is 2.22. The van der Waals surface area contributed by atoms with Gasteiger partial charge in [-0.3, -0.25) is 0 Å². The third-order valence-electron chi connectivity index (χ3n) is 2.87. The number of benzene rings is 1. The van der Waals surface area contributed by atoms with Crippen LogP contribution in [-0.2, 0) is 0 Å². The van der Waals surface area contributed by atoms with Crippen molar-refractivity contribution in [3.05, 3.63) is 34.9 Å². The van der Waals surface area contributed by atoms with Crippen LogP contribution in [0, 0.1) is 0 Å². The maximum absolute atomic E-state index is 12.2. The molecule has 0 aliphatic heterocycles. The van der Waals surface area contributed by atoms with Gasteiger partial charge in [0.2, 0.25) is 0 Å². The Morgan fingerprint density at radius 1 is 1.26 bits per heavy atom. The van der Waals surface area contributed by atoms with E-state index in [0.29, 0.717) is 11.4 Å². The fraction of sp³-hybridized carbons (Fsp3) is 0.571. The minimum absolute atomic E-state index is 0.107. The first-order valence-electron chi connectivity index (χ1n) is 6.48. The predicted molar refractivity (Wildman–Crippen MR) is 72.4 cm³/mol. The van der Waals surface area contributed by atoms with Crippen LogP contribution in [0.5, 0.6) is 0 Å². The maximum atomic E-state index is 12.2. The highest BCUT2D eigenvalue weighted by atomic mass is 35.5. The summed E-state index contributed by atoms with van der Waals surface area (Å²) in [6.45, 7) is 2.79. The lowest BCUT2D eigenvalue weighted by Crippen LogP contribution is -2.23. The molecule has 1 aromatic carbocycles. The molecule has 5 heteroatoms. The van der Waals surface area contributed by atoms with Gasteiger partial charge in [0.05, 0.1) is 0 Å². The van der Waals surface area contributed by atoms with E-state index in [0.717, 1.165) is 18.5 Å². The Labute approximate surface area is 117 Å². The molecule has 0 aromatic heterocycles. The molecule has 1 nitrogen and oxygen atoms in total. The van der Waals surface area contributed by atoms with Gasteiger partial charge in [0, 0.05) is 17.5 Å². The molecule has 0 bridgehead atoms. The quantitative estimate of drug-likeness (QED) is 0.736. The molecule has 1 rings (SSSR count). The van der Waals surface area contributed by atoms with E-state index in [1.165, 1.54) is 0 Å². The van der Waals surface area contributed by atoms with Gasteiger partial charge in [-0.25, -0.2) is 0 Å². The molecule has 1 atom stereocenters. The zero-order valence-corrected chi connectivity index (χ0v) is 11.7. The van der Waals surface area contributed by atoms with E-state index in [9.17, 15) is 13.2 Å². The molecule has 0 aliphatic carbocycles. The monoisotopic (exact) mass is 293 g/mol. The van der Waals surface area contributed by atoms with E-state index in [1.807, 2.05) is 25.1 Å². The Balaban J connectivity index is 2.64. The van der Waals surface area contributed by atoms with Crippen molar-refractivity contribution in [2.24, 2.45) is 0 Å². The molecule has 0 radical (unpaired) electrons. The number of hydrogen-bond acceptors (Lipinski definition) is 1. The summed E-state index contributed by atoms with van der Waals surface area (Å²) in [5.74, 6) is 0. The molecule has 1 N–H and O–H groups in total. The van der Waals surface area contributed by atoms with E-state index in [-0.39, 0.29) is 12.5 Å². The van der Waals surface area contributed by atoms with E-state index in [2.05, 4.69) is 5.32 Å². The number of nitrogens with one attached hydrogen (secondary N) is 1. The summed E-state index contributed by atoms with van der Waals surface area (Å²) in [6, 6.07) is 7.19. The lowest BCUT2D eigenvalue weighted by Gasteiger charge is -2.20. The fourth-order valence-electron chi connectivity index (χ4n) is 1.95. The summed E-state index contributed by atoms with van der Waals surface area (Å²) in [4.78, 5) is 0. The largest absolute Gasteiger partial charge is 0.389 e. The molecule has 0 fully saturated rings. The first kappa shape index (κ1) is 16.3. The van der Waals surface area contributed by atoms with Crippen LogP contribution in [0.1, 0.15) is 44.2 Å². The van der Waals surface area contributed by atoms with Crippen LogP contribution in [0.2, 0.25) is 5.02 Å². The van der Waals surface area contributed by atoms with Crippen LogP contribution in [0.4, 0.5) is 13.2 Å². The van der Waals surface area contributed by atoms with Crippen molar-refractivity contribution in [3.8, 4) is 0 Å². The third kappa shape index (κ3) is 6.30. The van der Waals surface area contributed by atoms with E-state index in [4.69, 9.17) is 11.6 Å². The second-order valence-electron chi connectivity index (χ2n) is 4.54. The maximum Gasteiger partial charge on any atom is 0.389 e. The number of halogens is 4. The third-order valence-corrected chi connectivity index (χ3v) is 3.22. The Hall–Kier alpha value is -0.740. The van der Waals surface area contributed by atoms with Crippen LogP contribution in [0.3, 0.4) is 0 Å². The lowest BCUT2D eigenvalue weighted by molar-refractivity contribution is -0.135. The van der Waals surface area contributed by atoms with Crippen molar-refractivity contribution >= 4 is 11.6 Å². The Bertz CT molecular complexity index is 379. The van der Waals surface area contributed by atoms with Gasteiger partial charge in [-0.05, 0) is 37.4 Å². The topological polar surface area (TPSA) is 12.0 Å². The van der Waals surface area contributed by atoms with Crippen molar-refractivity contribution in [2.45, 2.75) is 44.8 Å². The SMILES string of the molecule is CCCNC(CCCC(F)(F)F)c1ccccc1Cl. The van der Waals surface area contributed by atoms with Crippen LogP contribution in [-0.4, -0.2) is 12.7 Å². The summed E-state index contributed by atoms with van der Waals surface area (Å²) in [5, 5.41) is 3.86. The van der Waals surface area contributed by atoms with Crippen molar-refractivity contribution in [2.75, 3.05) is 6.54 Å². The Morgan fingerprint density at radius 2 is 1.95 bits per heavy atom. The Kier molecular flexibility index (Phi) is 6.66. The van der Waals surface area contributed by atoms with Gasteiger partial charge in [0.1, 0.15) is 0 Å². The molecule has 19 heavy (non-hydrogen) atoms. The summed E-state index contributed by atoms with van der Waals surface area (Å²) < 4.78 is 36.6. The van der Waals surface area contributed by atoms with Gasteiger partial charge < -0.3 is 5.32 Å². The Morgan fingerprint density at radius 3 is 2.53 bits per heavy atom. The van der Waals surface area contributed by atoms with E-state index in [1.54, 1.807) is 6.07 Å². The van der Waals surface area contributed by atoms with Gasteiger partial charge in [-0.1, -0.05) is 36.7 Å². The van der Waals surface area contributed by atoms with Gasteiger partial charge >= 0.3 is 6.18 Å². The van der Waals surface area contributed by atoms with Gasteiger partial charge in [-0.2, -0.15) is 13.2 Å². The zero-order chi connectivity index (χ0) is 14.3. The molecule has 0 spiro atoms. The molecule has 1 unspecified atom stereocenters. The van der Waals surface area contributed by atoms with Crippen molar-refractivity contribution in [1.29, 1.82) is 0 Å². The smallest absolute Gasteiger partial charge is 0.310 e. The minimum atomic E-state index is -4.09. The number of alkyl halides is 3. The molecule has 0 saturated carbocycles. The molecule has 0 amide bonds. The van der Waals surface area contributed by atoms with Crippen molar-refractivity contribution in [3.63, 3.8) is 0 Å². The normalized spacial score (nSPS) is 13.5. The second kappa shape index (κ2) is 7.75. The van der Waals surface area contributed by atoms with E-state index < -0.39 is 12.6 Å². The van der Waals surface area contributed by atoms with E-state index >= 15 is 0 Å². The van der Waals surface area contributed by atoms with Gasteiger partial charge in [0.25, 0.3) is 0 Å². The van der Waals surface area contributed by atoms with Crippen LogP contribution >= 0.6 is 11.6 Å². The number of rotatable bonds is 7. The van der Waals surface area contributed by atoms with Crippen LogP contribution in [0.25, 0.3) is 0 Å². The standard InChI is InChI=1S/C14H19ClF3N/c1-2-10-19-13(8-5-9-14(16,17)18)11-6-3-4-7-12(11)15/h3-4,6-7,13,19H,2,5,8-10H2,1H3. The van der Waals surface area contributed by atoms with Crippen molar-refractivity contribution in [1.82, 2.24) is 5.32 Å². The first-order chi connectivity index (χ1) is 8.94. The summed E-state index contributed by atoms with van der Waals surface area (Å²) >= 11 is 6.10. The molecule has 0 aliphatic rings. The molecule has 108 valence electrons. The molecular formula is C14H19ClF3N. The molecule has 1 aromatic rings. The second-order valence-corrected chi connectivity index (χ2v) is 4.94. The van der Waals surface area contributed by atoms with Crippen LogP contribution in [0.15, 0.2) is 24.3 Å². The highest BCUT2D eigenvalue weighted by molar-refractivity contribution is 6.31. The van der Waals surface area contributed by atoms with Gasteiger partial charge in [-0.15, -0.1) is 0 Å². The highest BCUT2D eigenvalue weighted by Gasteiger charge is 2.27. The molecular weight excluding hydrogens is 275 g/mol. The molecule has 0 saturated heterocycles. The average Bonchev–Trinajstić information content (AvgIpc) is 2.33. The highest BCUT2D eigenvalue weighted by Crippen LogP contribution is 2.29. The van der Waals surface area contributed by atoms with Gasteiger partial charge in [0.15, 0.2) is 0 Å². The number of hydrogen-bond donors (Lipinski definition) is 1. The van der Waals surface area contributed by atoms with Crippen molar-refractivity contribution < 1.29 is 13.2 Å². The summed E-state index contributed by atoms with van der Waals surface area (Å²) in [7, 11) is 0. The molecule has 0 heterocycles.